The van der Waals surface area contributed by atoms with Crippen LogP contribution in [0.3, 0.4) is 0 Å². The van der Waals surface area contributed by atoms with Crippen LogP contribution < -0.4 is 10.6 Å². The van der Waals surface area contributed by atoms with Gasteiger partial charge >= 0.3 is 5.97 Å². The number of carboxylic acid groups (broad SMARTS) is 1. The van der Waals surface area contributed by atoms with Crippen molar-refractivity contribution >= 4 is 29.2 Å². The van der Waals surface area contributed by atoms with E-state index in [9.17, 15) is 23.9 Å². The molecule has 7 nitrogen and oxygen atoms in total. The van der Waals surface area contributed by atoms with Crippen molar-refractivity contribution in [3.63, 3.8) is 0 Å². The van der Waals surface area contributed by atoms with Crippen molar-refractivity contribution in [2.45, 2.75) is 13.8 Å². The van der Waals surface area contributed by atoms with E-state index in [0.29, 0.717) is 5.69 Å². The highest BCUT2D eigenvalue weighted by atomic mass is 19.1. The normalized spacial score (nSPS) is 19.8. The van der Waals surface area contributed by atoms with Gasteiger partial charge in [0.05, 0.1) is 29.3 Å². The van der Waals surface area contributed by atoms with Gasteiger partial charge in [-0.2, -0.15) is 0 Å². The Morgan fingerprint density at radius 3 is 2.44 bits per heavy atom. The number of benzene rings is 1. The molecule has 0 spiro atoms. The number of carbonyl (C=O) groups excluding carboxylic acids is 2. The maximum absolute atomic E-state index is 14.1. The molecule has 0 bridgehead atoms. The second-order valence-corrected chi connectivity index (χ2v) is 6.99. The Balaban J connectivity index is 1.75. The van der Waals surface area contributed by atoms with Gasteiger partial charge in [0.1, 0.15) is 5.82 Å². The Hall–Kier alpha value is -3.29. The number of hydrogen-bond donors (Lipinski definition) is 3. The number of hydrogen-bond acceptors (Lipinski definition) is 4. The highest BCUT2D eigenvalue weighted by Gasteiger charge is 2.65. The monoisotopic (exact) mass is 371 g/mol. The predicted molar refractivity (Wildman–Crippen MR) is 95.6 cm³/mol. The summed E-state index contributed by atoms with van der Waals surface area (Å²) in [6.07, 6.45) is 2.96. The van der Waals surface area contributed by atoms with E-state index in [-0.39, 0.29) is 11.3 Å². The molecule has 2 amide bonds. The highest BCUT2D eigenvalue weighted by molar-refractivity contribution is 6.06. The van der Waals surface area contributed by atoms with Gasteiger partial charge < -0.3 is 15.7 Å². The molecule has 1 aliphatic rings. The fourth-order valence-corrected chi connectivity index (χ4v) is 3.22. The zero-order valence-electron chi connectivity index (χ0n) is 14.7. The molecule has 1 saturated carbocycles. The summed E-state index contributed by atoms with van der Waals surface area (Å²) in [5.74, 6) is -4.40. The lowest BCUT2D eigenvalue weighted by Gasteiger charge is -2.10. The Kier molecular flexibility index (Phi) is 4.65. The number of anilines is 2. The number of rotatable bonds is 5. The van der Waals surface area contributed by atoms with Crippen molar-refractivity contribution in [1.29, 1.82) is 0 Å². The van der Waals surface area contributed by atoms with Crippen molar-refractivity contribution in [3.8, 4) is 0 Å². The van der Waals surface area contributed by atoms with E-state index in [4.69, 9.17) is 0 Å². The third-order valence-electron chi connectivity index (χ3n) is 4.77. The number of nitrogens with one attached hydrogen (secondary N) is 2. The number of aromatic nitrogens is 1. The number of carboxylic acids is 1. The van der Waals surface area contributed by atoms with Crippen LogP contribution in [-0.4, -0.2) is 27.9 Å². The van der Waals surface area contributed by atoms with Gasteiger partial charge in [-0.1, -0.05) is 13.8 Å². The molecule has 1 aliphatic carbocycles. The quantitative estimate of drug-likeness (QED) is 0.749. The topological polar surface area (TPSA) is 108 Å². The second-order valence-electron chi connectivity index (χ2n) is 6.99. The predicted octanol–water partition coefficient (Wildman–Crippen LogP) is 2.77. The van der Waals surface area contributed by atoms with Crippen LogP contribution in [0.4, 0.5) is 15.8 Å². The van der Waals surface area contributed by atoms with Gasteiger partial charge in [0, 0.05) is 11.9 Å². The molecule has 0 aliphatic heterocycles. The molecule has 1 fully saturated rings. The van der Waals surface area contributed by atoms with E-state index in [1.807, 2.05) is 0 Å². The Labute approximate surface area is 154 Å². The molecule has 140 valence electrons. The fraction of sp³-hybridized carbons (Fsp3) is 0.263. The smallest absolute Gasteiger partial charge is 0.307 e. The minimum absolute atomic E-state index is 0.213. The first-order valence-electron chi connectivity index (χ1n) is 8.26. The summed E-state index contributed by atoms with van der Waals surface area (Å²) in [7, 11) is 0. The maximum atomic E-state index is 14.1. The summed E-state index contributed by atoms with van der Waals surface area (Å²) in [5.41, 5.74) is -0.289. The van der Waals surface area contributed by atoms with Crippen LogP contribution in [0.15, 0.2) is 42.7 Å². The van der Waals surface area contributed by atoms with E-state index >= 15 is 0 Å². The average molecular weight is 371 g/mol. The zero-order valence-corrected chi connectivity index (χ0v) is 14.7. The number of amides is 2. The van der Waals surface area contributed by atoms with Gasteiger partial charge in [0.2, 0.25) is 5.91 Å². The maximum Gasteiger partial charge on any atom is 0.307 e. The molecule has 1 aromatic carbocycles. The van der Waals surface area contributed by atoms with Gasteiger partial charge in [-0.05, 0) is 35.7 Å². The molecular formula is C19H18FN3O4. The van der Waals surface area contributed by atoms with E-state index < -0.39 is 40.9 Å². The van der Waals surface area contributed by atoms with Crippen molar-refractivity contribution in [2.75, 3.05) is 10.6 Å². The summed E-state index contributed by atoms with van der Waals surface area (Å²) in [5, 5.41) is 14.3. The summed E-state index contributed by atoms with van der Waals surface area (Å²) < 4.78 is 14.1. The third kappa shape index (κ3) is 3.64. The van der Waals surface area contributed by atoms with E-state index in [1.165, 1.54) is 24.5 Å². The third-order valence-corrected chi connectivity index (χ3v) is 4.77. The van der Waals surface area contributed by atoms with Crippen LogP contribution in [0.5, 0.6) is 0 Å². The Morgan fingerprint density at radius 2 is 1.85 bits per heavy atom. The summed E-state index contributed by atoms with van der Waals surface area (Å²) in [4.78, 5) is 39.8. The molecular weight excluding hydrogens is 353 g/mol. The molecule has 2 unspecified atom stereocenters. The van der Waals surface area contributed by atoms with E-state index in [0.717, 1.165) is 6.07 Å². The van der Waals surface area contributed by atoms with Crippen LogP contribution in [0.1, 0.15) is 24.2 Å². The SMILES string of the molecule is CC1(C)C(C(=O)O)C1C(=O)Nc1ccc(F)c(C(=O)Nc2cccnc2)c1. The Bertz CT molecular complexity index is 914. The largest absolute Gasteiger partial charge is 0.481 e. The molecule has 2 atom stereocenters. The zero-order chi connectivity index (χ0) is 19.8. The van der Waals surface area contributed by atoms with Crippen LogP contribution >= 0.6 is 0 Å². The number of halogens is 1. The van der Waals surface area contributed by atoms with Crippen LogP contribution in [-0.2, 0) is 9.59 Å². The minimum atomic E-state index is -1.03. The lowest BCUT2D eigenvalue weighted by Crippen LogP contribution is -2.19. The number of aliphatic carboxylic acids is 1. The Morgan fingerprint density at radius 1 is 1.11 bits per heavy atom. The first kappa shape index (κ1) is 18.5. The standard InChI is InChI=1S/C19H18FN3O4/c1-19(2)14(15(19)18(26)27)17(25)22-10-5-6-13(20)12(8-10)16(24)23-11-4-3-7-21-9-11/h3-9,14-15H,1-2H3,(H,22,25)(H,23,24)(H,26,27). The first-order chi connectivity index (χ1) is 12.7. The molecule has 3 rings (SSSR count). The van der Waals surface area contributed by atoms with Crippen molar-refractivity contribution in [3.05, 3.63) is 54.1 Å². The van der Waals surface area contributed by atoms with E-state index in [1.54, 1.807) is 26.0 Å². The number of carbonyl (C=O) groups is 3. The molecule has 2 aromatic rings. The van der Waals surface area contributed by atoms with Crippen LogP contribution in [0.2, 0.25) is 0 Å². The molecule has 1 heterocycles. The van der Waals surface area contributed by atoms with E-state index in [2.05, 4.69) is 15.6 Å². The minimum Gasteiger partial charge on any atom is -0.481 e. The molecule has 0 saturated heterocycles. The van der Waals surface area contributed by atoms with Gasteiger partial charge in [0.25, 0.3) is 5.91 Å². The number of nitrogens with zero attached hydrogens (tertiary/aromatic N) is 1. The van der Waals surface area contributed by atoms with Crippen LogP contribution in [0.25, 0.3) is 0 Å². The van der Waals surface area contributed by atoms with Crippen LogP contribution in [0, 0.1) is 23.1 Å². The van der Waals surface area contributed by atoms with Gasteiger partial charge in [0.15, 0.2) is 0 Å². The molecule has 3 N–H and O–H groups in total. The first-order valence-corrected chi connectivity index (χ1v) is 8.26. The molecule has 27 heavy (non-hydrogen) atoms. The highest BCUT2D eigenvalue weighted by Crippen LogP contribution is 2.58. The van der Waals surface area contributed by atoms with Crippen molar-refractivity contribution in [2.24, 2.45) is 17.3 Å². The summed E-state index contributed by atoms with van der Waals surface area (Å²) >= 11 is 0. The molecule has 0 radical (unpaired) electrons. The fourth-order valence-electron chi connectivity index (χ4n) is 3.22. The van der Waals surface area contributed by atoms with Gasteiger partial charge in [-0.3, -0.25) is 19.4 Å². The molecule has 8 heteroatoms. The lowest BCUT2D eigenvalue weighted by molar-refractivity contribution is -0.140. The van der Waals surface area contributed by atoms with Gasteiger partial charge in [-0.15, -0.1) is 0 Å². The molecule has 1 aromatic heterocycles. The number of pyridine rings is 1. The lowest BCUT2D eigenvalue weighted by atomic mass is 10.1. The summed E-state index contributed by atoms with van der Waals surface area (Å²) in [6.45, 7) is 3.40. The van der Waals surface area contributed by atoms with Crippen molar-refractivity contribution in [1.82, 2.24) is 4.98 Å². The second kappa shape index (κ2) is 6.79. The van der Waals surface area contributed by atoms with Gasteiger partial charge in [-0.25, -0.2) is 4.39 Å². The summed E-state index contributed by atoms with van der Waals surface area (Å²) in [6, 6.07) is 6.83. The average Bonchev–Trinajstić information content (AvgIpc) is 3.20. The van der Waals surface area contributed by atoms with Crippen molar-refractivity contribution < 1.29 is 23.9 Å².